The van der Waals surface area contributed by atoms with E-state index in [4.69, 9.17) is 4.74 Å². The van der Waals surface area contributed by atoms with E-state index < -0.39 is 0 Å². The van der Waals surface area contributed by atoms with Gasteiger partial charge in [0.25, 0.3) is 0 Å². The number of amides is 1. The van der Waals surface area contributed by atoms with E-state index in [0.29, 0.717) is 19.4 Å². The van der Waals surface area contributed by atoms with Crippen LogP contribution in [0.5, 0.6) is 5.75 Å². The lowest BCUT2D eigenvalue weighted by atomic mass is 10.1. The van der Waals surface area contributed by atoms with E-state index in [9.17, 15) is 4.79 Å². The van der Waals surface area contributed by atoms with E-state index in [1.165, 1.54) is 24.0 Å². The van der Waals surface area contributed by atoms with Gasteiger partial charge in [0, 0.05) is 10.9 Å². The number of unbranched alkanes of at least 4 members (excludes halogenated alkanes) is 1. The maximum atomic E-state index is 12.1. The van der Waals surface area contributed by atoms with Gasteiger partial charge in [-0.3, -0.25) is 4.79 Å². The van der Waals surface area contributed by atoms with Gasteiger partial charge in [-0.25, -0.2) is 0 Å². The molecule has 25 heavy (non-hydrogen) atoms. The summed E-state index contributed by atoms with van der Waals surface area (Å²) in [5.74, 6) is 0.862. The molecule has 1 amide bonds. The van der Waals surface area contributed by atoms with Crippen molar-refractivity contribution in [3.05, 3.63) is 58.1 Å². The van der Waals surface area contributed by atoms with Crippen LogP contribution in [-0.4, -0.2) is 12.5 Å². The number of carbonyl (C=O) groups is 1. The Balaban J connectivity index is 1.74. The number of carbonyl (C=O) groups excluding carboxylic acids is 1. The van der Waals surface area contributed by atoms with Crippen LogP contribution in [0.2, 0.25) is 0 Å². The molecule has 0 unspecified atom stereocenters. The fraction of sp³-hybridized carbons (Fsp3) is 0.381. The third-order valence-electron chi connectivity index (χ3n) is 3.93. The average Bonchev–Trinajstić information content (AvgIpc) is 2.59. The van der Waals surface area contributed by atoms with Crippen LogP contribution in [0.4, 0.5) is 5.69 Å². The zero-order chi connectivity index (χ0) is 18.1. The summed E-state index contributed by atoms with van der Waals surface area (Å²) in [7, 11) is 0. The van der Waals surface area contributed by atoms with Crippen LogP contribution in [-0.2, 0) is 11.2 Å². The molecule has 0 aliphatic rings. The molecule has 2 aromatic carbocycles. The first-order chi connectivity index (χ1) is 12.1. The third kappa shape index (κ3) is 6.91. The number of halogens is 1. The summed E-state index contributed by atoms with van der Waals surface area (Å²) in [6.07, 6.45) is 4.56. The molecule has 2 aromatic rings. The van der Waals surface area contributed by atoms with Crippen molar-refractivity contribution in [3.63, 3.8) is 0 Å². The van der Waals surface area contributed by atoms with E-state index in [-0.39, 0.29) is 5.91 Å². The molecule has 0 aromatic heterocycles. The predicted octanol–water partition coefficient (Wildman–Crippen LogP) is 5.90. The number of hydrogen-bond acceptors (Lipinski definition) is 2. The maximum Gasteiger partial charge on any atom is 0.224 e. The molecule has 0 atom stereocenters. The molecule has 0 aliphatic carbocycles. The standard InChI is InChI=1S/C21H26BrNO2/c1-3-4-8-17-11-12-20(19(22)15-17)23-21(24)10-6-13-25-18-9-5-7-16(2)14-18/h5,7,9,11-12,14-15H,3-4,6,8,10,13H2,1-2H3,(H,23,24). The Morgan fingerprint density at radius 1 is 1.16 bits per heavy atom. The first-order valence-corrected chi connectivity index (χ1v) is 9.65. The molecule has 0 bridgehead atoms. The van der Waals surface area contributed by atoms with Gasteiger partial charge in [0.2, 0.25) is 5.91 Å². The zero-order valence-electron chi connectivity index (χ0n) is 15.0. The molecule has 0 saturated carbocycles. The van der Waals surface area contributed by atoms with Crippen molar-refractivity contribution in [2.75, 3.05) is 11.9 Å². The van der Waals surface area contributed by atoms with Gasteiger partial charge in [-0.05, 0) is 77.5 Å². The molecular formula is C21H26BrNO2. The van der Waals surface area contributed by atoms with Crippen LogP contribution in [0.25, 0.3) is 0 Å². The lowest BCUT2D eigenvalue weighted by Gasteiger charge is -2.10. The summed E-state index contributed by atoms with van der Waals surface area (Å²) in [5.41, 5.74) is 3.28. The second kappa shape index (κ2) is 10.2. The fourth-order valence-corrected chi connectivity index (χ4v) is 3.06. The van der Waals surface area contributed by atoms with Gasteiger partial charge in [0.15, 0.2) is 0 Å². The van der Waals surface area contributed by atoms with Crippen molar-refractivity contribution in [1.82, 2.24) is 0 Å². The van der Waals surface area contributed by atoms with Gasteiger partial charge in [0.05, 0.1) is 12.3 Å². The molecule has 1 N–H and O–H groups in total. The van der Waals surface area contributed by atoms with Gasteiger partial charge in [-0.15, -0.1) is 0 Å². The summed E-state index contributed by atoms with van der Waals surface area (Å²) in [4.78, 5) is 12.1. The molecule has 2 rings (SSSR count). The fourth-order valence-electron chi connectivity index (χ4n) is 2.54. The normalized spacial score (nSPS) is 10.5. The molecule has 4 heteroatoms. The van der Waals surface area contributed by atoms with Crippen molar-refractivity contribution in [1.29, 1.82) is 0 Å². The highest BCUT2D eigenvalue weighted by molar-refractivity contribution is 9.10. The lowest BCUT2D eigenvalue weighted by molar-refractivity contribution is -0.116. The lowest BCUT2D eigenvalue weighted by Crippen LogP contribution is -2.13. The number of benzene rings is 2. The molecule has 0 heterocycles. The quantitative estimate of drug-likeness (QED) is 0.529. The van der Waals surface area contributed by atoms with Gasteiger partial charge in [0.1, 0.15) is 5.75 Å². The number of hydrogen-bond donors (Lipinski definition) is 1. The van der Waals surface area contributed by atoms with Crippen molar-refractivity contribution < 1.29 is 9.53 Å². The second-order valence-electron chi connectivity index (χ2n) is 6.23. The van der Waals surface area contributed by atoms with Crippen LogP contribution in [0.1, 0.15) is 43.7 Å². The van der Waals surface area contributed by atoms with E-state index in [2.05, 4.69) is 40.3 Å². The van der Waals surface area contributed by atoms with Crippen LogP contribution in [0.15, 0.2) is 46.9 Å². The first-order valence-electron chi connectivity index (χ1n) is 8.86. The second-order valence-corrected chi connectivity index (χ2v) is 7.09. The monoisotopic (exact) mass is 403 g/mol. The van der Waals surface area contributed by atoms with Crippen molar-refractivity contribution in [2.24, 2.45) is 0 Å². The summed E-state index contributed by atoms with van der Waals surface area (Å²) in [6.45, 7) is 4.76. The molecule has 0 saturated heterocycles. The van der Waals surface area contributed by atoms with E-state index >= 15 is 0 Å². The van der Waals surface area contributed by atoms with Crippen LogP contribution >= 0.6 is 15.9 Å². The van der Waals surface area contributed by atoms with Gasteiger partial charge < -0.3 is 10.1 Å². The molecule has 3 nitrogen and oxygen atoms in total. The Kier molecular flexibility index (Phi) is 7.99. The Hall–Kier alpha value is -1.81. The smallest absolute Gasteiger partial charge is 0.224 e. The Morgan fingerprint density at radius 2 is 2.00 bits per heavy atom. The summed E-state index contributed by atoms with van der Waals surface area (Å²) in [5, 5.41) is 2.96. The highest BCUT2D eigenvalue weighted by Gasteiger charge is 2.07. The molecular weight excluding hydrogens is 378 g/mol. The first kappa shape index (κ1) is 19.5. The van der Waals surface area contributed by atoms with E-state index in [1.807, 2.05) is 37.3 Å². The Bertz CT molecular complexity index is 700. The molecule has 0 aliphatic heterocycles. The number of rotatable bonds is 9. The highest BCUT2D eigenvalue weighted by Crippen LogP contribution is 2.24. The van der Waals surface area contributed by atoms with Crippen molar-refractivity contribution in [3.8, 4) is 5.75 Å². The summed E-state index contributed by atoms with van der Waals surface area (Å²) in [6, 6.07) is 14.1. The minimum Gasteiger partial charge on any atom is -0.494 e. The largest absolute Gasteiger partial charge is 0.494 e. The van der Waals surface area contributed by atoms with Gasteiger partial charge in [-0.1, -0.05) is 31.5 Å². The molecule has 0 spiro atoms. The van der Waals surface area contributed by atoms with Crippen LogP contribution in [0, 0.1) is 6.92 Å². The van der Waals surface area contributed by atoms with E-state index in [1.54, 1.807) is 0 Å². The number of nitrogens with one attached hydrogen (secondary N) is 1. The van der Waals surface area contributed by atoms with E-state index in [0.717, 1.165) is 22.3 Å². The molecule has 0 fully saturated rings. The Morgan fingerprint density at radius 3 is 2.72 bits per heavy atom. The van der Waals surface area contributed by atoms with Crippen molar-refractivity contribution >= 4 is 27.5 Å². The average molecular weight is 404 g/mol. The maximum absolute atomic E-state index is 12.1. The number of aryl methyl sites for hydroxylation is 2. The minimum atomic E-state index is 0.00912. The number of anilines is 1. The molecule has 134 valence electrons. The topological polar surface area (TPSA) is 38.3 Å². The van der Waals surface area contributed by atoms with Gasteiger partial charge in [-0.2, -0.15) is 0 Å². The Labute approximate surface area is 158 Å². The minimum absolute atomic E-state index is 0.00912. The number of ether oxygens (including phenoxy) is 1. The summed E-state index contributed by atoms with van der Waals surface area (Å²) < 4.78 is 6.61. The van der Waals surface area contributed by atoms with Crippen LogP contribution < -0.4 is 10.1 Å². The van der Waals surface area contributed by atoms with Crippen LogP contribution in [0.3, 0.4) is 0 Å². The molecule has 0 radical (unpaired) electrons. The predicted molar refractivity (Wildman–Crippen MR) is 107 cm³/mol. The zero-order valence-corrected chi connectivity index (χ0v) is 16.6. The third-order valence-corrected chi connectivity index (χ3v) is 4.59. The van der Waals surface area contributed by atoms with Crippen molar-refractivity contribution in [2.45, 2.75) is 46.0 Å². The highest BCUT2D eigenvalue weighted by atomic mass is 79.9. The SMILES string of the molecule is CCCCc1ccc(NC(=O)CCCOc2cccc(C)c2)c(Br)c1. The summed E-state index contributed by atoms with van der Waals surface area (Å²) >= 11 is 3.55. The van der Waals surface area contributed by atoms with Gasteiger partial charge >= 0.3 is 0 Å².